The Bertz CT molecular complexity index is 597. The highest BCUT2D eigenvalue weighted by Crippen LogP contribution is 2.12. The maximum atomic E-state index is 5.64. The van der Waals surface area contributed by atoms with Crippen molar-refractivity contribution in [2.75, 3.05) is 59.7 Å². The molecule has 0 aliphatic carbocycles. The summed E-state index contributed by atoms with van der Waals surface area (Å²) in [5.41, 5.74) is 2.56. The van der Waals surface area contributed by atoms with Crippen molar-refractivity contribution in [2.45, 2.75) is 39.5 Å². The van der Waals surface area contributed by atoms with Gasteiger partial charge in [0, 0.05) is 46.4 Å². The van der Waals surface area contributed by atoms with Gasteiger partial charge in [0.15, 0.2) is 5.96 Å². The standard InChI is InChI=1S/C22H38N4O3/c1-4-23-22(24-9-6-11-28-14-13-27-3)25-16-20-7-5-8-21(15-20)18-26-10-12-29-19(2)17-26/h5,7-8,15,19H,4,6,9-14,16-18H2,1-3H3,(H2,23,24,25). The van der Waals surface area contributed by atoms with E-state index in [9.17, 15) is 0 Å². The molecule has 0 radical (unpaired) electrons. The van der Waals surface area contributed by atoms with Crippen LogP contribution in [0.3, 0.4) is 0 Å². The fraction of sp³-hybridized carbons (Fsp3) is 0.682. The van der Waals surface area contributed by atoms with E-state index in [0.29, 0.717) is 25.9 Å². The number of guanidine groups is 1. The average Bonchev–Trinajstić information content (AvgIpc) is 2.71. The van der Waals surface area contributed by atoms with Crippen LogP contribution in [0.25, 0.3) is 0 Å². The smallest absolute Gasteiger partial charge is 0.191 e. The van der Waals surface area contributed by atoms with Crippen LogP contribution in [0.2, 0.25) is 0 Å². The van der Waals surface area contributed by atoms with E-state index in [-0.39, 0.29) is 0 Å². The van der Waals surface area contributed by atoms with Gasteiger partial charge >= 0.3 is 0 Å². The van der Waals surface area contributed by atoms with E-state index in [1.165, 1.54) is 11.1 Å². The third kappa shape index (κ3) is 10.1. The minimum Gasteiger partial charge on any atom is -0.382 e. The third-order valence-corrected chi connectivity index (χ3v) is 4.68. The van der Waals surface area contributed by atoms with Crippen LogP contribution < -0.4 is 10.6 Å². The van der Waals surface area contributed by atoms with Gasteiger partial charge in [-0.2, -0.15) is 0 Å². The Kier molecular flexibility index (Phi) is 11.7. The van der Waals surface area contributed by atoms with Crippen LogP contribution in [0.15, 0.2) is 29.3 Å². The summed E-state index contributed by atoms with van der Waals surface area (Å²) in [6.07, 6.45) is 1.25. The van der Waals surface area contributed by atoms with Crippen molar-refractivity contribution in [1.29, 1.82) is 0 Å². The molecule has 1 heterocycles. The number of nitrogens with zero attached hydrogens (tertiary/aromatic N) is 2. The van der Waals surface area contributed by atoms with Gasteiger partial charge in [0.05, 0.1) is 32.5 Å². The molecule has 2 N–H and O–H groups in total. The number of methoxy groups -OCH3 is 1. The summed E-state index contributed by atoms with van der Waals surface area (Å²) >= 11 is 0. The zero-order chi connectivity index (χ0) is 20.7. The number of nitrogens with one attached hydrogen (secondary N) is 2. The molecule has 7 heteroatoms. The van der Waals surface area contributed by atoms with E-state index in [1.54, 1.807) is 7.11 Å². The van der Waals surface area contributed by atoms with E-state index in [1.807, 2.05) is 0 Å². The molecule has 0 saturated carbocycles. The lowest BCUT2D eigenvalue weighted by Crippen LogP contribution is -2.40. The maximum absolute atomic E-state index is 5.64. The van der Waals surface area contributed by atoms with Gasteiger partial charge in [0.2, 0.25) is 0 Å². The van der Waals surface area contributed by atoms with Crippen LogP contribution in [-0.4, -0.2) is 76.7 Å². The van der Waals surface area contributed by atoms with Crippen LogP contribution in [-0.2, 0) is 27.3 Å². The average molecular weight is 407 g/mol. The predicted molar refractivity (Wildman–Crippen MR) is 117 cm³/mol. The molecule has 1 aliphatic rings. The molecule has 1 atom stereocenters. The summed E-state index contributed by atoms with van der Waals surface area (Å²) in [7, 11) is 1.68. The Morgan fingerprint density at radius 3 is 2.90 bits per heavy atom. The van der Waals surface area contributed by atoms with E-state index in [0.717, 1.165) is 58.3 Å². The molecule has 0 spiro atoms. The summed E-state index contributed by atoms with van der Waals surface area (Å²) in [4.78, 5) is 7.19. The lowest BCUT2D eigenvalue weighted by Gasteiger charge is -2.31. The van der Waals surface area contributed by atoms with Crippen LogP contribution in [0, 0.1) is 0 Å². The van der Waals surface area contributed by atoms with Gasteiger partial charge in [-0.3, -0.25) is 4.90 Å². The monoisotopic (exact) mass is 406 g/mol. The molecule has 0 bridgehead atoms. The lowest BCUT2D eigenvalue weighted by atomic mass is 10.1. The fourth-order valence-corrected chi connectivity index (χ4v) is 3.26. The minimum atomic E-state index is 0.315. The number of ether oxygens (including phenoxy) is 3. The molecule has 7 nitrogen and oxygen atoms in total. The molecule has 1 saturated heterocycles. The van der Waals surface area contributed by atoms with Gasteiger partial charge in [0.1, 0.15) is 0 Å². The second-order valence-electron chi connectivity index (χ2n) is 7.32. The van der Waals surface area contributed by atoms with Crippen LogP contribution in [0.5, 0.6) is 0 Å². The van der Waals surface area contributed by atoms with Gasteiger partial charge < -0.3 is 24.8 Å². The van der Waals surface area contributed by atoms with Crippen LogP contribution in [0.1, 0.15) is 31.4 Å². The Balaban J connectivity index is 1.78. The third-order valence-electron chi connectivity index (χ3n) is 4.68. The molecular formula is C22H38N4O3. The fourth-order valence-electron chi connectivity index (χ4n) is 3.26. The molecule has 2 rings (SSSR count). The second-order valence-corrected chi connectivity index (χ2v) is 7.32. The normalized spacial score (nSPS) is 18.0. The van der Waals surface area contributed by atoms with E-state index < -0.39 is 0 Å². The number of benzene rings is 1. The largest absolute Gasteiger partial charge is 0.382 e. The van der Waals surface area contributed by atoms with Crippen LogP contribution >= 0.6 is 0 Å². The molecule has 1 aromatic rings. The zero-order valence-electron chi connectivity index (χ0n) is 18.3. The Hall–Kier alpha value is -1.67. The SMILES string of the molecule is CCNC(=NCc1cccc(CN2CCOC(C)C2)c1)NCCCOCCOC. The first kappa shape index (κ1) is 23.6. The summed E-state index contributed by atoms with van der Waals surface area (Å²) in [5.74, 6) is 0.844. The summed E-state index contributed by atoms with van der Waals surface area (Å²) in [6, 6.07) is 8.72. The van der Waals surface area contributed by atoms with Gasteiger partial charge in [-0.15, -0.1) is 0 Å². The molecule has 164 valence electrons. The minimum absolute atomic E-state index is 0.315. The number of hydrogen-bond donors (Lipinski definition) is 2. The molecular weight excluding hydrogens is 368 g/mol. The molecule has 1 aliphatic heterocycles. The van der Waals surface area contributed by atoms with Crippen molar-refractivity contribution in [3.63, 3.8) is 0 Å². The topological polar surface area (TPSA) is 67.4 Å². The Morgan fingerprint density at radius 2 is 2.10 bits per heavy atom. The number of aliphatic imine (C=N–C) groups is 1. The van der Waals surface area contributed by atoms with Gasteiger partial charge in [-0.05, 0) is 31.4 Å². The van der Waals surface area contributed by atoms with E-state index in [4.69, 9.17) is 19.2 Å². The number of morpholine rings is 1. The van der Waals surface area contributed by atoms with E-state index >= 15 is 0 Å². The van der Waals surface area contributed by atoms with E-state index in [2.05, 4.69) is 53.6 Å². The van der Waals surface area contributed by atoms with Crippen molar-refractivity contribution in [1.82, 2.24) is 15.5 Å². The van der Waals surface area contributed by atoms with Gasteiger partial charge in [0.25, 0.3) is 0 Å². The first-order chi connectivity index (χ1) is 14.2. The van der Waals surface area contributed by atoms with Crippen molar-refractivity contribution in [3.8, 4) is 0 Å². The van der Waals surface area contributed by atoms with Crippen molar-refractivity contribution < 1.29 is 14.2 Å². The maximum Gasteiger partial charge on any atom is 0.191 e. The first-order valence-electron chi connectivity index (χ1n) is 10.7. The Labute approximate surface area is 175 Å². The Morgan fingerprint density at radius 1 is 1.24 bits per heavy atom. The van der Waals surface area contributed by atoms with Gasteiger partial charge in [-0.25, -0.2) is 4.99 Å². The first-order valence-corrected chi connectivity index (χ1v) is 10.7. The van der Waals surface area contributed by atoms with Crippen LogP contribution in [0.4, 0.5) is 0 Å². The molecule has 29 heavy (non-hydrogen) atoms. The second kappa shape index (κ2) is 14.3. The number of hydrogen-bond acceptors (Lipinski definition) is 5. The lowest BCUT2D eigenvalue weighted by molar-refractivity contribution is -0.0212. The van der Waals surface area contributed by atoms with Crippen molar-refractivity contribution >= 4 is 5.96 Å². The predicted octanol–water partition coefficient (Wildman–Crippen LogP) is 2.02. The number of rotatable bonds is 12. The highest BCUT2D eigenvalue weighted by molar-refractivity contribution is 5.79. The zero-order valence-corrected chi connectivity index (χ0v) is 18.3. The summed E-state index contributed by atoms with van der Waals surface area (Å²) in [6.45, 7) is 12.3. The molecule has 0 amide bonds. The van der Waals surface area contributed by atoms with Crippen molar-refractivity contribution in [2.24, 2.45) is 4.99 Å². The summed E-state index contributed by atoms with van der Waals surface area (Å²) in [5, 5.41) is 6.68. The molecule has 1 fully saturated rings. The highest BCUT2D eigenvalue weighted by atomic mass is 16.5. The molecule has 0 aromatic heterocycles. The quantitative estimate of drug-likeness (QED) is 0.314. The molecule has 1 unspecified atom stereocenters. The molecule has 1 aromatic carbocycles. The van der Waals surface area contributed by atoms with Gasteiger partial charge in [-0.1, -0.05) is 24.3 Å². The summed E-state index contributed by atoms with van der Waals surface area (Å²) < 4.78 is 16.1. The highest BCUT2D eigenvalue weighted by Gasteiger charge is 2.16. The van der Waals surface area contributed by atoms with Crippen molar-refractivity contribution in [3.05, 3.63) is 35.4 Å².